The van der Waals surface area contributed by atoms with Gasteiger partial charge in [0, 0.05) is 30.1 Å². The summed E-state index contributed by atoms with van der Waals surface area (Å²) in [6.45, 7) is 7.34. The number of aromatic nitrogens is 5. The van der Waals surface area contributed by atoms with E-state index in [1.165, 1.54) is 0 Å². The van der Waals surface area contributed by atoms with Gasteiger partial charge in [-0.3, -0.25) is 9.89 Å². The van der Waals surface area contributed by atoms with Crippen molar-refractivity contribution in [2.45, 2.75) is 64.8 Å². The fourth-order valence-electron chi connectivity index (χ4n) is 4.70. The highest BCUT2D eigenvalue weighted by molar-refractivity contribution is 5.97. The van der Waals surface area contributed by atoms with Crippen LogP contribution in [0.2, 0.25) is 0 Å². The maximum Gasteiger partial charge on any atom is 0.247 e. The SMILES string of the molecule is CCOc1ncccc1NC(=O)C1CCCN1c1nc2c(c(Nc3cc(C(C)C)[nH]n3)n1)CCC2. The van der Waals surface area contributed by atoms with Crippen LogP contribution in [0.5, 0.6) is 5.88 Å². The number of fused-ring (bicyclic) bond motifs is 1. The molecule has 1 aliphatic heterocycles. The summed E-state index contributed by atoms with van der Waals surface area (Å²) < 4.78 is 5.57. The quantitative estimate of drug-likeness (QED) is 0.447. The lowest BCUT2D eigenvalue weighted by molar-refractivity contribution is -0.117. The molecule has 3 aromatic heterocycles. The summed E-state index contributed by atoms with van der Waals surface area (Å²) in [5.41, 5.74) is 3.83. The predicted molar refractivity (Wildman–Crippen MR) is 134 cm³/mol. The molecule has 5 rings (SSSR count). The lowest BCUT2D eigenvalue weighted by Crippen LogP contribution is -2.41. The van der Waals surface area contributed by atoms with Gasteiger partial charge in [-0.05, 0) is 57.1 Å². The van der Waals surface area contributed by atoms with Crippen molar-refractivity contribution < 1.29 is 9.53 Å². The Morgan fingerprint density at radius 3 is 2.97 bits per heavy atom. The van der Waals surface area contributed by atoms with Crippen LogP contribution in [0.3, 0.4) is 0 Å². The number of anilines is 4. The zero-order valence-electron chi connectivity index (χ0n) is 20.5. The number of aromatic amines is 1. The minimum Gasteiger partial charge on any atom is -0.476 e. The average molecular weight is 477 g/mol. The molecule has 2 aliphatic rings. The number of hydrogen-bond donors (Lipinski definition) is 3. The van der Waals surface area contributed by atoms with E-state index < -0.39 is 0 Å². The molecule has 1 unspecified atom stereocenters. The monoisotopic (exact) mass is 476 g/mol. The Bertz CT molecular complexity index is 1210. The van der Waals surface area contributed by atoms with Crippen LogP contribution in [0.15, 0.2) is 24.4 Å². The highest BCUT2D eigenvalue weighted by atomic mass is 16.5. The molecule has 1 atom stereocenters. The van der Waals surface area contributed by atoms with Gasteiger partial charge in [0.25, 0.3) is 0 Å². The van der Waals surface area contributed by atoms with E-state index >= 15 is 0 Å². The molecule has 0 spiro atoms. The van der Waals surface area contributed by atoms with E-state index in [1.54, 1.807) is 18.3 Å². The van der Waals surface area contributed by atoms with Crippen LogP contribution in [0.1, 0.15) is 62.9 Å². The van der Waals surface area contributed by atoms with Gasteiger partial charge in [0.1, 0.15) is 17.5 Å². The minimum atomic E-state index is -0.366. The van der Waals surface area contributed by atoms with Gasteiger partial charge in [-0.15, -0.1) is 0 Å². The predicted octanol–water partition coefficient (Wildman–Crippen LogP) is 3.96. The molecule has 10 nitrogen and oxygen atoms in total. The second-order valence-electron chi connectivity index (χ2n) is 9.27. The molecule has 0 bridgehead atoms. The molecular formula is C25H32N8O2. The van der Waals surface area contributed by atoms with Gasteiger partial charge in [-0.2, -0.15) is 10.1 Å². The van der Waals surface area contributed by atoms with Crippen LogP contribution in [0.4, 0.5) is 23.3 Å². The summed E-state index contributed by atoms with van der Waals surface area (Å²) >= 11 is 0. The standard InChI is InChI=1S/C25H32N8O2/c1-4-35-24-18(10-6-12-26-24)27-23(34)20-11-7-13-33(20)25-28-17-9-5-8-16(17)22(30-25)29-21-14-19(15(2)3)31-32-21/h6,10,12,14-15,20H,4-5,7-9,11,13H2,1-3H3,(H,27,34)(H2,28,29,30,31,32). The molecule has 1 amide bonds. The van der Waals surface area contributed by atoms with E-state index in [0.29, 0.717) is 30.0 Å². The number of carbonyl (C=O) groups excluding carboxylic acids is 1. The van der Waals surface area contributed by atoms with E-state index in [4.69, 9.17) is 14.7 Å². The van der Waals surface area contributed by atoms with Crippen molar-refractivity contribution in [2.75, 3.05) is 28.7 Å². The van der Waals surface area contributed by atoms with E-state index in [-0.39, 0.29) is 11.9 Å². The van der Waals surface area contributed by atoms with Crippen LogP contribution < -0.4 is 20.3 Å². The zero-order valence-corrected chi connectivity index (χ0v) is 20.5. The van der Waals surface area contributed by atoms with Crippen LogP contribution >= 0.6 is 0 Å². The van der Waals surface area contributed by atoms with Gasteiger partial charge in [0.2, 0.25) is 17.7 Å². The van der Waals surface area contributed by atoms with Gasteiger partial charge in [-0.25, -0.2) is 9.97 Å². The van der Waals surface area contributed by atoms with Crippen molar-refractivity contribution in [1.82, 2.24) is 25.1 Å². The van der Waals surface area contributed by atoms with Crippen LogP contribution in [-0.4, -0.2) is 50.2 Å². The molecular weight excluding hydrogens is 444 g/mol. The lowest BCUT2D eigenvalue weighted by atomic mass is 10.1. The summed E-state index contributed by atoms with van der Waals surface area (Å²) in [7, 11) is 0. The van der Waals surface area contributed by atoms with Crippen molar-refractivity contribution in [3.63, 3.8) is 0 Å². The van der Waals surface area contributed by atoms with Crippen LogP contribution in [0.25, 0.3) is 0 Å². The van der Waals surface area contributed by atoms with Crippen molar-refractivity contribution in [1.29, 1.82) is 0 Å². The number of ether oxygens (including phenoxy) is 1. The second-order valence-corrected chi connectivity index (χ2v) is 9.27. The number of nitrogens with zero attached hydrogens (tertiary/aromatic N) is 5. The van der Waals surface area contributed by atoms with Crippen LogP contribution in [-0.2, 0) is 17.6 Å². The highest BCUT2D eigenvalue weighted by Crippen LogP contribution is 2.33. The Hall–Kier alpha value is -3.69. The molecule has 0 aromatic carbocycles. The van der Waals surface area contributed by atoms with Crippen molar-refractivity contribution >= 4 is 29.2 Å². The number of rotatable bonds is 8. The fraction of sp³-hybridized carbons (Fsp3) is 0.480. The normalized spacial score (nSPS) is 17.0. The number of nitrogens with one attached hydrogen (secondary N) is 3. The Kier molecular flexibility index (Phi) is 6.52. The van der Waals surface area contributed by atoms with E-state index in [2.05, 4.69) is 39.7 Å². The molecule has 184 valence electrons. The fourth-order valence-corrected chi connectivity index (χ4v) is 4.70. The molecule has 3 aromatic rings. The molecule has 3 N–H and O–H groups in total. The highest BCUT2D eigenvalue weighted by Gasteiger charge is 2.34. The number of H-pyrrole nitrogens is 1. The summed E-state index contributed by atoms with van der Waals surface area (Å²) in [5.74, 6) is 2.78. The molecule has 35 heavy (non-hydrogen) atoms. The average Bonchev–Trinajstić information content (AvgIpc) is 3.61. The van der Waals surface area contributed by atoms with Gasteiger partial charge < -0.3 is 20.3 Å². The first-order valence-corrected chi connectivity index (χ1v) is 12.4. The van der Waals surface area contributed by atoms with E-state index in [1.807, 2.05) is 17.9 Å². The van der Waals surface area contributed by atoms with Crippen LogP contribution in [0, 0.1) is 0 Å². The third-order valence-corrected chi connectivity index (χ3v) is 6.51. The summed E-state index contributed by atoms with van der Waals surface area (Å²) in [5, 5.41) is 13.9. The van der Waals surface area contributed by atoms with E-state index in [9.17, 15) is 4.79 Å². The molecule has 1 saturated heterocycles. The van der Waals surface area contributed by atoms with Gasteiger partial charge in [0.05, 0.1) is 12.3 Å². The van der Waals surface area contributed by atoms with E-state index in [0.717, 1.165) is 67.2 Å². The molecule has 0 radical (unpaired) electrons. The molecule has 1 fully saturated rings. The maximum atomic E-state index is 13.3. The number of carbonyl (C=O) groups is 1. The Balaban J connectivity index is 1.40. The van der Waals surface area contributed by atoms with Crippen molar-refractivity contribution in [2.24, 2.45) is 0 Å². The lowest BCUT2D eigenvalue weighted by Gasteiger charge is -2.25. The first-order valence-electron chi connectivity index (χ1n) is 12.4. The third kappa shape index (κ3) is 4.78. The number of aryl methyl sites for hydroxylation is 1. The Morgan fingerprint density at radius 1 is 1.29 bits per heavy atom. The summed E-state index contributed by atoms with van der Waals surface area (Å²) in [6, 6.07) is 5.24. The maximum absolute atomic E-state index is 13.3. The van der Waals surface area contributed by atoms with Crippen molar-refractivity contribution in [3.8, 4) is 5.88 Å². The minimum absolute atomic E-state index is 0.107. The molecule has 4 heterocycles. The third-order valence-electron chi connectivity index (χ3n) is 6.51. The smallest absolute Gasteiger partial charge is 0.247 e. The zero-order chi connectivity index (χ0) is 24.4. The van der Waals surface area contributed by atoms with Gasteiger partial charge in [-0.1, -0.05) is 13.8 Å². The second kappa shape index (κ2) is 9.89. The number of hydrogen-bond acceptors (Lipinski definition) is 8. The topological polar surface area (TPSA) is 121 Å². The first-order chi connectivity index (χ1) is 17.0. The van der Waals surface area contributed by atoms with Gasteiger partial charge >= 0.3 is 0 Å². The Morgan fingerprint density at radius 2 is 2.17 bits per heavy atom. The van der Waals surface area contributed by atoms with Gasteiger partial charge in [0.15, 0.2) is 5.82 Å². The summed E-state index contributed by atoms with van der Waals surface area (Å²) in [6.07, 6.45) is 6.17. The molecule has 10 heteroatoms. The largest absolute Gasteiger partial charge is 0.476 e. The molecule has 0 saturated carbocycles. The number of amides is 1. The Labute approximate surface area is 204 Å². The number of pyridine rings is 1. The molecule has 1 aliphatic carbocycles. The first kappa shape index (κ1) is 23.1. The summed E-state index contributed by atoms with van der Waals surface area (Å²) in [4.78, 5) is 29.3. The van der Waals surface area contributed by atoms with Crippen molar-refractivity contribution in [3.05, 3.63) is 41.3 Å².